The summed E-state index contributed by atoms with van der Waals surface area (Å²) in [4.78, 5) is 0. The second-order valence-corrected chi connectivity index (χ2v) is 2.89. The van der Waals surface area contributed by atoms with E-state index in [2.05, 4.69) is 19.9 Å². The van der Waals surface area contributed by atoms with Crippen molar-refractivity contribution in [1.29, 1.82) is 0 Å². The normalized spacial score (nSPS) is 18.7. The lowest BCUT2D eigenvalue weighted by Crippen LogP contribution is -2.13. The minimum absolute atomic E-state index is 0.220. The van der Waals surface area contributed by atoms with Gasteiger partial charge in [0.05, 0.1) is 6.10 Å². The zero-order chi connectivity index (χ0) is 8.15. The van der Waals surface area contributed by atoms with Crippen LogP contribution in [0.2, 0.25) is 0 Å². The second-order valence-electron chi connectivity index (χ2n) is 2.89. The Hall–Kier alpha value is -0.300. The van der Waals surface area contributed by atoms with Gasteiger partial charge < -0.3 is 5.11 Å². The predicted molar refractivity (Wildman–Crippen MR) is 44.9 cm³/mol. The number of rotatable bonds is 3. The zero-order valence-electron chi connectivity index (χ0n) is 7.39. The van der Waals surface area contributed by atoms with Crippen LogP contribution in [0.3, 0.4) is 0 Å². The molecule has 0 aromatic carbocycles. The molecule has 0 saturated carbocycles. The predicted octanol–water partition coefficient (Wildman–Crippen LogP) is 2.36. The van der Waals surface area contributed by atoms with E-state index >= 15 is 0 Å². The van der Waals surface area contributed by atoms with E-state index in [0.717, 1.165) is 6.42 Å². The molecule has 0 aromatic heterocycles. The summed E-state index contributed by atoms with van der Waals surface area (Å²) < 4.78 is 0. The fraction of sp³-hybridized carbons (Fsp3) is 0.778. The summed E-state index contributed by atoms with van der Waals surface area (Å²) >= 11 is 0. The molecule has 1 nitrogen and oxygen atoms in total. The van der Waals surface area contributed by atoms with Crippen LogP contribution in [0.5, 0.6) is 0 Å². The van der Waals surface area contributed by atoms with Gasteiger partial charge in [-0.1, -0.05) is 25.5 Å². The molecule has 60 valence electrons. The minimum atomic E-state index is -0.220. The van der Waals surface area contributed by atoms with Crippen molar-refractivity contribution < 1.29 is 5.11 Å². The Morgan fingerprint density at radius 2 is 2.00 bits per heavy atom. The van der Waals surface area contributed by atoms with Gasteiger partial charge in [-0.15, -0.1) is 0 Å². The van der Waals surface area contributed by atoms with Crippen LogP contribution in [-0.4, -0.2) is 11.2 Å². The molecule has 0 rings (SSSR count). The first-order chi connectivity index (χ1) is 4.59. The van der Waals surface area contributed by atoms with Crippen molar-refractivity contribution in [2.24, 2.45) is 5.92 Å². The van der Waals surface area contributed by atoms with Gasteiger partial charge in [0.1, 0.15) is 0 Å². The Kier molecular flexibility index (Phi) is 4.37. The average molecular weight is 142 g/mol. The molecule has 0 fully saturated rings. The molecule has 0 spiro atoms. The molecule has 0 saturated heterocycles. The fourth-order valence-corrected chi connectivity index (χ4v) is 0.888. The molecule has 1 heteroatoms. The number of hydrogen-bond acceptors (Lipinski definition) is 1. The highest BCUT2D eigenvalue weighted by molar-refractivity contribution is 5.03. The Balaban J connectivity index is 3.93. The standard InChI is InChI=1S/C9H18O/c1-5-6-7(2)8(3)9(4)10/h6,8-10H,5H2,1-4H3. The molecule has 10 heavy (non-hydrogen) atoms. The van der Waals surface area contributed by atoms with E-state index in [1.165, 1.54) is 5.57 Å². The molecule has 0 aliphatic heterocycles. The SMILES string of the molecule is CCC=C(C)C(C)C(C)O. The van der Waals surface area contributed by atoms with Crippen molar-refractivity contribution in [2.75, 3.05) is 0 Å². The van der Waals surface area contributed by atoms with Crippen LogP contribution in [0.1, 0.15) is 34.1 Å². The molecule has 0 aliphatic rings. The van der Waals surface area contributed by atoms with E-state index in [4.69, 9.17) is 0 Å². The van der Waals surface area contributed by atoms with Gasteiger partial charge in [0.15, 0.2) is 0 Å². The Labute approximate surface area is 63.8 Å². The Bertz CT molecular complexity index is 114. The molecule has 0 bridgehead atoms. The molecule has 0 radical (unpaired) electrons. The average Bonchev–Trinajstić information content (AvgIpc) is 1.87. The quantitative estimate of drug-likeness (QED) is 0.600. The van der Waals surface area contributed by atoms with E-state index in [-0.39, 0.29) is 6.10 Å². The lowest BCUT2D eigenvalue weighted by atomic mass is 9.97. The fourth-order valence-electron chi connectivity index (χ4n) is 0.888. The highest BCUT2D eigenvalue weighted by atomic mass is 16.3. The molecule has 0 aromatic rings. The lowest BCUT2D eigenvalue weighted by Gasteiger charge is -2.14. The number of allylic oxidation sites excluding steroid dienone is 1. The van der Waals surface area contributed by atoms with Gasteiger partial charge in [-0.05, 0) is 20.3 Å². The maximum absolute atomic E-state index is 9.18. The monoisotopic (exact) mass is 142 g/mol. The topological polar surface area (TPSA) is 20.2 Å². The molecule has 1 N–H and O–H groups in total. The zero-order valence-corrected chi connectivity index (χ0v) is 7.39. The summed E-state index contributed by atoms with van der Waals surface area (Å²) in [7, 11) is 0. The van der Waals surface area contributed by atoms with Crippen molar-refractivity contribution in [2.45, 2.75) is 40.2 Å². The third-order valence-electron chi connectivity index (χ3n) is 1.97. The third kappa shape index (κ3) is 3.02. The second kappa shape index (κ2) is 4.51. The lowest BCUT2D eigenvalue weighted by molar-refractivity contribution is 0.152. The molecular weight excluding hydrogens is 124 g/mol. The minimum Gasteiger partial charge on any atom is -0.393 e. The van der Waals surface area contributed by atoms with Gasteiger partial charge >= 0.3 is 0 Å². The van der Waals surface area contributed by atoms with Gasteiger partial charge in [-0.3, -0.25) is 0 Å². The van der Waals surface area contributed by atoms with Gasteiger partial charge in [0, 0.05) is 5.92 Å². The maximum Gasteiger partial charge on any atom is 0.0574 e. The maximum atomic E-state index is 9.18. The summed E-state index contributed by atoms with van der Waals surface area (Å²) in [5, 5.41) is 9.18. The summed E-state index contributed by atoms with van der Waals surface area (Å²) in [6, 6.07) is 0. The van der Waals surface area contributed by atoms with Gasteiger partial charge in [-0.25, -0.2) is 0 Å². The van der Waals surface area contributed by atoms with Crippen LogP contribution in [0.25, 0.3) is 0 Å². The number of hydrogen-bond donors (Lipinski definition) is 1. The highest BCUT2D eigenvalue weighted by Gasteiger charge is 2.08. The van der Waals surface area contributed by atoms with Crippen molar-refractivity contribution >= 4 is 0 Å². The Morgan fingerprint density at radius 1 is 1.50 bits per heavy atom. The van der Waals surface area contributed by atoms with Crippen molar-refractivity contribution in [3.05, 3.63) is 11.6 Å². The summed E-state index contributed by atoms with van der Waals surface area (Å²) in [5.74, 6) is 0.306. The number of aliphatic hydroxyl groups excluding tert-OH is 1. The van der Waals surface area contributed by atoms with Crippen LogP contribution in [0.15, 0.2) is 11.6 Å². The van der Waals surface area contributed by atoms with E-state index in [1.807, 2.05) is 13.8 Å². The van der Waals surface area contributed by atoms with Gasteiger partial charge in [0.2, 0.25) is 0 Å². The molecule has 0 aliphatic carbocycles. The molecule has 2 atom stereocenters. The molecule has 0 amide bonds. The first kappa shape index (κ1) is 9.70. The Morgan fingerprint density at radius 3 is 2.30 bits per heavy atom. The molecular formula is C9H18O. The third-order valence-corrected chi connectivity index (χ3v) is 1.97. The van der Waals surface area contributed by atoms with Crippen LogP contribution in [-0.2, 0) is 0 Å². The summed E-state index contributed by atoms with van der Waals surface area (Å²) in [6.07, 6.45) is 3.00. The van der Waals surface area contributed by atoms with Crippen molar-refractivity contribution in [1.82, 2.24) is 0 Å². The smallest absolute Gasteiger partial charge is 0.0574 e. The van der Waals surface area contributed by atoms with E-state index < -0.39 is 0 Å². The highest BCUT2D eigenvalue weighted by Crippen LogP contribution is 2.13. The van der Waals surface area contributed by atoms with Gasteiger partial charge in [0.25, 0.3) is 0 Å². The van der Waals surface area contributed by atoms with E-state index in [9.17, 15) is 5.11 Å². The van der Waals surface area contributed by atoms with Crippen LogP contribution >= 0.6 is 0 Å². The first-order valence-corrected chi connectivity index (χ1v) is 3.94. The first-order valence-electron chi connectivity index (χ1n) is 3.94. The van der Waals surface area contributed by atoms with Crippen LogP contribution in [0, 0.1) is 5.92 Å². The van der Waals surface area contributed by atoms with Crippen molar-refractivity contribution in [3.8, 4) is 0 Å². The van der Waals surface area contributed by atoms with E-state index in [1.54, 1.807) is 0 Å². The van der Waals surface area contributed by atoms with E-state index in [0.29, 0.717) is 5.92 Å². The summed E-state index contributed by atoms with van der Waals surface area (Å²) in [6.45, 7) is 8.06. The largest absolute Gasteiger partial charge is 0.393 e. The molecule has 0 heterocycles. The van der Waals surface area contributed by atoms with Crippen LogP contribution < -0.4 is 0 Å². The summed E-state index contributed by atoms with van der Waals surface area (Å²) in [5.41, 5.74) is 1.29. The van der Waals surface area contributed by atoms with Crippen molar-refractivity contribution in [3.63, 3.8) is 0 Å². The van der Waals surface area contributed by atoms with Gasteiger partial charge in [-0.2, -0.15) is 0 Å². The molecule has 2 unspecified atom stereocenters. The number of aliphatic hydroxyl groups is 1. The van der Waals surface area contributed by atoms with Crippen LogP contribution in [0.4, 0.5) is 0 Å².